The van der Waals surface area contributed by atoms with E-state index in [2.05, 4.69) is 10.2 Å². The largest absolute Gasteiger partial charge is 0.270 e. The van der Waals surface area contributed by atoms with E-state index in [1.807, 2.05) is 6.92 Å². The molecule has 0 aliphatic rings. The maximum Gasteiger partial charge on any atom is 0.270 e. The molecule has 0 amide bonds. The molecule has 0 radical (unpaired) electrons. The number of non-ortho nitro benzene ring substituents is 1. The zero-order valence-corrected chi connectivity index (χ0v) is 11.0. The normalized spacial score (nSPS) is 10.5. The Hall–Kier alpha value is -1.18. The molecule has 17 heavy (non-hydrogen) atoms. The average molecular weight is 288 g/mol. The summed E-state index contributed by atoms with van der Waals surface area (Å²) in [5.41, 5.74) is -0.0206. The first-order valence-corrected chi connectivity index (χ1v) is 6.49. The zero-order chi connectivity index (χ0) is 12.4. The van der Waals surface area contributed by atoms with Gasteiger partial charge in [0.2, 0.25) is 0 Å². The molecule has 0 saturated carbocycles. The summed E-state index contributed by atoms with van der Waals surface area (Å²) in [4.78, 5) is 10.8. The molecule has 0 aliphatic carbocycles. The maximum atomic E-state index is 10.5. The van der Waals surface area contributed by atoms with Gasteiger partial charge in [-0.25, -0.2) is 0 Å². The van der Waals surface area contributed by atoms with Crippen molar-refractivity contribution in [3.8, 4) is 0 Å². The first-order valence-electron chi connectivity index (χ1n) is 4.48. The lowest BCUT2D eigenvalue weighted by Gasteiger charge is -2.00. The van der Waals surface area contributed by atoms with Crippen molar-refractivity contribution in [3.05, 3.63) is 38.3 Å². The third-order valence-corrected chi connectivity index (χ3v) is 4.22. The predicted octanol–water partition coefficient (Wildman–Crippen LogP) is 3.56. The summed E-state index contributed by atoms with van der Waals surface area (Å²) in [6.45, 7) is 1.86. The lowest BCUT2D eigenvalue weighted by atomic mass is 10.3. The van der Waals surface area contributed by atoms with Crippen LogP contribution in [-0.4, -0.2) is 15.1 Å². The fraction of sp³-hybridized carbons (Fsp3) is 0.111. The molecule has 2 aromatic rings. The Bertz CT molecular complexity index is 573. The van der Waals surface area contributed by atoms with Crippen LogP contribution in [0.15, 0.2) is 27.4 Å². The van der Waals surface area contributed by atoms with Crippen molar-refractivity contribution in [2.75, 3.05) is 0 Å². The first-order chi connectivity index (χ1) is 8.06. The highest BCUT2D eigenvalue weighted by molar-refractivity contribution is 8.01. The number of hydrogen-bond donors (Lipinski definition) is 0. The summed E-state index contributed by atoms with van der Waals surface area (Å²) in [6.07, 6.45) is 0. The van der Waals surface area contributed by atoms with Gasteiger partial charge >= 0.3 is 0 Å². The number of rotatable bonds is 3. The van der Waals surface area contributed by atoms with Crippen molar-refractivity contribution in [3.63, 3.8) is 0 Å². The summed E-state index contributed by atoms with van der Waals surface area (Å²) >= 11 is 8.76. The SMILES string of the molecule is Cc1nnc(Sc2ccc([N+](=O)[O-])cc2Cl)s1. The number of hydrogen-bond acceptors (Lipinski definition) is 6. The number of benzene rings is 1. The van der Waals surface area contributed by atoms with Gasteiger partial charge in [-0.2, -0.15) is 0 Å². The van der Waals surface area contributed by atoms with E-state index in [0.717, 1.165) is 14.2 Å². The highest BCUT2D eigenvalue weighted by atomic mass is 35.5. The molecule has 0 fully saturated rings. The van der Waals surface area contributed by atoms with E-state index < -0.39 is 4.92 Å². The third-order valence-electron chi connectivity index (χ3n) is 1.83. The molecule has 0 spiro atoms. The van der Waals surface area contributed by atoms with E-state index in [1.54, 1.807) is 6.07 Å². The van der Waals surface area contributed by atoms with Gasteiger partial charge in [0.15, 0.2) is 4.34 Å². The van der Waals surface area contributed by atoms with Crippen molar-refractivity contribution in [2.45, 2.75) is 16.2 Å². The van der Waals surface area contributed by atoms with E-state index in [-0.39, 0.29) is 5.69 Å². The molecular formula is C9H6ClN3O2S2. The fourth-order valence-electron chi connectivity index (χ4n) is 1.10. The van der Waals surface area contributed by atoms with E-state index in [9.17, 15) is 10.1 Å². The summed E-state index contributed by atoms with van der Waals surface area (Å²) < 4.78 is 0.762. The Kier molecular flexibility index (Phi) is 3.60. The first kappa shape index (κ1) is 12.3. The number of nitro groups is 1. The van der Waals surface area contributed by atoms with Gasteiger partial charge in [-0.1, -0.05) is 34.7 Å². The van der Waals surface area contributed by atoms with Crippen LogP contribution in [0.4, 0.5) is 5.69 Å². The smallest absolute Gasteiger partial charge is 0.258 e. The van der Waals surface area contributed by atoms with Gasteiger partial charge in [0.1, 0.15) is 5.01 Å². The van der Waals surface area contributed by atoms with Crippen LogP contribution in [0.1, 0.15) is 5.01 Å². The molecule has 0 saturated heterocycles. The van der Waals surface area contributed by atoms with Crippen LogP contribution < -0.4 is 0 Å². The number of nitrogens with zero attached hydrogens (tertiary/aromatic N) is 3. The molecule has 1 heterocycles. The molecule has 5 nitrogen and oxygen atoms in total. The van der Waals surface area contributed by atoms with Crippen LogP contribution in [0.5, 0.6) is 0 Å². The highest BCUT2D eigenvalue weighted by Crippen LogP contribution is 2.36. The Morgan fingerprint density at radius 2 is 2.24 bits per heavy atom. The quantitative estimate of drug-likeness (QED) is 0.638. The Morgan fingerprint density at radius 3 is 2.76 bits per heavy atom. The second kappa shape index (κ2) is 4.99. The zero-order valence-electron chi connectivity index (χ0n) is 8.58. The Labute approximate surface area is 110 Å². The number of halogens is 1. The van der Waals surface area contributed by atoms with E-state index in [0.29, 0.717) is 5.02 Å². The van der Waals surface area contributed by atoms with Crippen molar-refractivity contribution in [1.82, 2.24) is 10.2 Å². The van der Waals surface area contributed by atoms with Crippen LogP contribution in [0, 0.1) is 17.0 Å². The Balaban J connectivity index is 2.25. The van der Waals surface area contributed by atoms with Crippen molar-refractivity contribution in [2.24, 2.45) is 0 Å². The summed E-state index contributed by atoms with van der Waals surface area (Å²) in [7, 11) is 0. The van der Waals surface area contributed by atoms with Gasteiger partial charge in [0.05, 0.1) is 9.95 Å². The summed E-state index contributed by atoms with van der Waals surface area (Å²) in [5.74, 6) is 0. The summed E-state index contributed by atoms with van der Waals surface area (Å²) in [6, 6.07) is 4.36. The van der Waals surface area contributed by atoms with Gasteiger partial charge in [-0.15, -0.1) is 10.2 Å². The molecule has 88 valence electrons. The third kappa shape index (κ3) is 2.93. The molecule has 1 aromatic carbocycles. The van der Waals surface area contributed by atoms with Gasteiger partial charge in [0.25, 0.3) is 5.69 Å². The molecule has 1 aromatic heterocycles. The van der Waals surface area contributed by atoms with Crippen LogP contribution in [0.2, 0.25) is 5.02 Å². The molecule has 0 bridgehead atoms. The molecule has 0 unspecified atom stereocenters. The topological polar surface area (TPSA) is 68.9 Å². The van der Waals surface area contributed by atoms with Crippen molar-refractivity contribution in [1.29, 1.82) is 0 Å². The van der Waals surface area contributed by atoms with E-state index in [4.69, 9.17) is 11.6 Å². The molecule has 0 N–H and O–H groups in total. The molecule has 0 atom stereocenters. The molecule has 2 rings (SSSR count). The second-order valence-corrected chi connectivity index (χ2v) is 5.94. The van der Waals surface area contributed by atoms with Gasteiger partial charge in [-0.3, -0.25) is 10.1 Å². The highest BCUT2D eigenvalue weighted by Gasteiger charge is 2.11. The fourth-order valence-corrected chi connectivity index (χ4v) is 3.17. The van der Waals surface area contributed by atoms with Crippen LogP contribution >= 0.6 is 34.7 Å². The van der Waals surface area contributed by atoms with E-state index >= 15 is 0 Å². The molecule has 0 aliphatic heterocycles. The van der Waals surface area contributed by atoms with Gasteiger partial charge < -0.3 is 0 Å². The lowest BCUT2D eigenvalue weighted by molar-refractivity contribution is -0.384. The second-order valence-electron chi connectivity index (χ2n) is 3.06. The minimum atomic E-state index is -0.477. The minimum absolute atomic E-state index is 0.0206. The Morgan fingerprint density at radius 1 is 1.47 bits per heavy atom. The monoisotopic (exact) mass is 287 g/mol. The predicted molar refractivity (Wildman–Crippen MR) is 66.9 cm³/mol. The average Bonchev–Trinajstić information content (AvgIpc) is 2.67. The van der Waals surface area contributed by atoms with Crippen molar-refractivity contribution < 1.29 is 4.92 Å². The minimum Gasteiger partial charge on any atom is -0.258 e. The van der Waals surface area contributed by atoms with Crippen molar-refractivity contribution >= 4 is 40.4 Å². The van der Waals surface area contributed by atoms with Gasteiger partial charge in [-0.05, 0) is 13.0 Å². The van der Waals surface area contributed by atoms with Gasteiger partial charge in [0, 0.05) is 17.0 Å². The molecular weight excluding hydrogens is 282 g/mol. The number of aryl methyl sites for hydroxylation is 1. The van der Waals surface area contributed by atoms with Crippen LogP contribution in [-0.2, 0) is 0 Å². The number of aromatic nitrogens is 2. The van der Waals surface area contributed by atoms with Crippen LogP contribution in [0.3, 0.4) is 0 Å². The molecule has 8 heteroatoms. The van der Waals surface area contributed by atoms with Crippen LogP contribution in [0.25, 0.3) is 0 Å². The standard InChI is InChI=1S/C9H6ClN3O2S2/c1-5-11-12-9(16-5)17-8-3-2-6(13(14)15)4-7(8)10/h2-4H,1H3. The van der Waals surface area contributed by atoms with E-state index in [1.165, 1.54) is 35.2 Å². The summed E-state index contributed by atoms with van der Waals surface area (Å²) in [5, 5.41) is 19.6. The maximum absolute atomic E-state index is 10.5. The number of nitro benzene ring substituents is 1. The lowest BCUT2D eigenvalue weighted by Crippen LogP contribution is -1.87.